The maximum atomic E-state index is 12.1. The molecule has 1 saturated heterocycles. The average molecular weight is 216 g/mol. The van der Waals surface area contributed by atoms with Crippen LogP contribution in [0.15, 0.2) is 0 Å². The molecule has 1 unspecified atom stereocenters. The van der Waals surface area contributed by atoms with Crippen LogP contribution in [0.3, 0.4) is 0 Å². The van der Waals surface area contributed by atoms with Gasteiger partial charge in [0.25, 0.3) is 0 Å². The van der Waals surface area contributed by atoms with Crippen LogP contribution in [-0.4, -0.2) is 28.3 Å². The zero-order valence-corrected chi connectivity index (χ0v) is 9.68. The van der Waals surface area contributed by atoms with Gasteiger partial charge in [-0.15, -0.1) is 11.6 Å². The molecule has 1 saturated carbocycles. The van der Waals surface area contributed by atoms with Crippen LogP contribution < -0.4 is 0 Å². The Morgan fingerprint density at radius 1 is 1.36 bits per heavy atom. The van der Waals surface area contributed by atoms with Crippen molar-refractivity contribution in [1.29, 1.82) is 0 Å². The molecule has 1 heterocycles. The van der Waals surface area contributed by atoms with E-state index in [4.69, 9.17) is 11.6 Å². The lowest BCUT2D eigenvalue weighted by molar-refractivity contribution is -0.141. The molecule has 0 bridgehead atoms. The van der Waals surface area contributed by atoms with Crippen molar-refractivity contribution in [2.45, 2.75) is 50.4 Å². The first-order chi connectivity index (χ1) is 6.53. The Bertz CT molecular complexity index is 248. The quantitative estimate of drug-likeness (QED) is 0.616. The van der Waals surface area contributed by atoms with Gasteiger partial charge in [-0.05, 0) is 33.1 Å². The van der Waals surface area contributed by atoms with E-state index in [1.165, 1.54) is 6.42 Å². The second-order valence-corrected chi connectivity index (χ2v) is 5.55. The fourth-order valence-electron chi connectivity index (χ4n) is 2.32. The van der Waals surface area contributed by atoms with Crippen molar-refractivity contribution < 1.29 is 4.79 Å². The summed E-state index contributed by atoms with van der Waals surface area (Å²) in [5.41, 5.74) is -0.145. The second kappa shape index (κ2) is 3.41. The van der Waals surface area contributed by atoms with Crippen LogP contribution in [0.2, 0.25) is 0 Å². The van der Waals surface area contributed by atoms with Gasteiger partial charge >= 0.3 is 0 Å². The summed E-state index contributed by atoms with van der Waals surface area (Å²) in [6.07, 6.45) is 4.32. The summed E-state index contributed by atoms with van der Waals surface area (Å²) >= 11 is 6.21. The molecule has 1 aliphatic heterocycles. The van der Waals surface area contributed by atoms with E-state index in [1.54, 1.807) is 0 Å². The normalized spacial score (nSPS) is 31.6. The Hall–Kier alpha value is -0.240. The molecule has 2 aliphatic rings. The second-order valence-electron chi connectivity index (χ2n) is 5.03. The zero-order chi connectivity index (χ0) is 10.3. The van der Waals surface area contributed by atoms with Crippen LogP contribution in [0.5, 0.6) is 0 Å². The highest BCUT2D eigenvalue weighted by Gasteiger charge is 2.45. The first kappa shape index (κ1) is 10.3. The maximum absolute atomic E-state index is 12.1. The van der Waals surface area contributed by atoms with Crippen molar-refractivity contribution >= 4 is 17.5 Å². The van der Waals surface area contributed by atoms with Gasteiger partial charge in [0, 0.05) is 12.5 Å². The summed E-state index contributed by atoms with van der Waals surface area (Å²) in [7, 11) is 0. The summed E-state index contributed by atoms with van der Waals surface area (Å²) in [5.74, 6) is 0.639. The Morgan fingerprint density at radius 3 is 2.36 bits per heavy atom. The topological polar surface area (TPSA) is 20.3 Å². The highest BCUT2D eigenvalue weighted by molar-refractivity contribution is 6.21. The lowest BCUT2D eigenvalue weighted by atomic mass is 9.83. The monoisotopic (exact) mass is 215 g/mol. The van der Waals surface area contributed by atoms with Crippen molar-refractivity contribution in [3.8, 4) is 0 Å². The molecule has 1 amide bonds. The maximum Gasteiger partial charge on any atom is 0.226 e. The van der Waals surface area contributed by atoms with Crippen LogP contribution in [0.4, 0.5) is 0 Å². The van der Waals surface area contributed by atoms with Gasteiger partial charge in [0.1, 0.15) is 0 Å². The van der Waals surface area contributed by atoms with Crippen LogP contribution in [-0.2, 0) is 4.79 Å². The molecule has 0 N–H and O–H groups in total. The van der Waals surface area contributed by atoms with Crippen LogP contribution in [0.1, 0.15) is 39.5 Å². The van der Waals surface area contributed by atoms with Crippen LogP contribution in [0, 0.1) is 5.92 Å². The van der Waals surface area contributed by atoms with E-state index in [2.05, 4.69) is 13.8 Å². The standard InChI is InChI=1S/C11H18ClNO/c1-11(2)9(12)6-7-13(11)10(14)8-4-3-5-8/h8-9H,3-7H2,1-2H3. The van der Waals surface area contributed by atoms with Gasteiger partial charge < -0.3 is 4.90 Å². The van der Waals surface area contributed by atoms with E-state index in [1.807, 2.05) is 4.90 Å². The van der Waals surface area contributed by atoms with Gasteiger partial charge in [0.2, 0.25) is 5.91 Å². The third-order valence-electron chi connectivity index (χ3n) is 3.79. The van der Waals surface area contributed by atoms with Gasteiger partial charge in [-0.2, -0.15) is 0 Å². The molecule has 0 spiro atoms. The number of amides is 1. The number of hydrogen-bond donors (Lipinski definition) is 0. The molecular formula is C11H18ClNO. The lowest BCUT2D eigenvalue weighted by Crippen LogP contribution is -2.49. The first-order valence-electron chi connectivity index (χ1n) is 5.49. The molecule has 0 radical (unpaired) electrons. The molecule has 80 valence electrons. The average Bonchev–Trinajstić information content (AvgIpc) is 2.23. The van der Waals surface area contributed by atoms with Crippen molar-refractivity contribution in [3.05, 3.63) is 0 Å². The summed E-state index contributed by atoms with van der Waals surface area (Å²) in [6.45, 7) is 5.00. The van der Waals surface area contributed by atoms with Gasteiger partial charge in [-0.3, -0.25) is 4.79 Å². The van der Waals surface area contributed by atoms with Crippen LogP contribution in [0.25, 0.3) is 0 Å². The number of halogens is 1. The number of alkyl halides is 1. The molecule has 1 atom stereocenters. The molecule has 14 heavy (non-hydrogen) atoms. The van der Waals surface area contributed by atoms with E-state index >= 15 is 0 Å². The number of nitrogens with zero attached hydrogens (tertiary/aromatic N) is 1. The Balaban J connectivity index is 2.07. The van der Waals surface area contributed by atoms with E-state index in [0.29, 0.717) is 11.8 Å². The van der Waals surface area contributed by atoms with Gasteiger partial charge in [0.05, 0.1) is 10.9 Å². The predicted octanol–water partition coefficient (Wildman–Crippen LogP) is 2.40. The predicted molar refractivity (Wildman–Crippen MR) is 57.4 cm³/mol. The number of hydrogen-bond acceptors (Lipinski definition) is 1. The van der Waals surface area contributed by atoms with E-state index in [-0.39, 0.29) is 10.9 Å². The Morgan fingerprint density at radius 2 is 2.00 bits per heavy atom. The summed E-state index contributed by atoms with van der Waals surface area (Å²) in [5, 5.41) is 0.117. The minimum atomic E-state index is -0.145. The molecule has 3 heteroatoms. The van der Waals surface area contributed by atoms with E-state index in [9.17, 15) is 4.79 Å². The lowest BCUT2D eigenvalue weighted by Gasteiger charge is -2.38. The molecular weight excluding hydrogens is 198 g/mol. The highest BCUT2D eigenvalue weighted by Crippen LogP contribution is 2.37. The molecule has 2 rings (SSSR count). The fourth-order valence-corrected chi connectivity index (χ4v) is 2.54. The minimum absolute atomic E-state index is 0.117. The van der Waals surface area contributed by atoms with Crippen LogP contribution >= 0.6 is 11.6 Å². The third-order valence-corrected chi connectivity index (χ3v) is 4.54. The third kappa shape index (κ3) is 1.44. The minimum Gasteiger partial charge on any atom is -0.336 e. The molecule has 2 fully saturated rings. The summed E-state index contributed by atoms with van der Waals surface area (Å²) in [4.78, 5) is 14.1. The van der Waals surface area contributed by atoms with Gasteiger partial charge in [-0.25, -0.2) is 0 Å². The molecule has 0 aromatic rings. The number of likely N-dealkylation sites (tertiary alicyclic amines) is 1. The molecule has 0 aromatic heterocycles. The summed E-state index contributed by atoms with van der Waals surface area (Å²) < 4.78 is 0. The number of rotatable bonds is 1. The SMILES string of the molecule is CC1(C)C(Cl)CCN1C(=O)C1CCC1. The Kier molecular flexibility index (Phi) is 2.50. The van der Waals surface area contributed by atoms with Crippen molar-refractivity contribution in [1.82, 2.24) is 4.90 Å². The van der Waals surface area contributed by atoms with Crippen molar-refractivity contribution in [2.75, 3.05) is 6.54 Å². The fraction of sp³-hybridized carbons (Fsp3) is 0.909. The smallest absolute Gasteiger partial charge is 0.226 e. The molecule has 1 aliphatic carbocycles. The molecule has 0 aromatic carbocycles. The zero-order valence-electron chi connectivity index (χ0n) is 8.92. The van der Waals surface area contributed by atoms with Crippen molar-refractivity contribution in [3.63, 3.8) is 0 Å². The highest BCUT2D eigenvalue weighted by atomic mass is 35.5. The van der Waals surface area contributed by atoms with E-state index in [0.717, 1.165) is 25.8 Å². The van der Waals surface area contributed by atoms with Gasteiger partial charge in [-0.1, -0.05) is 6.42 Å². The van der Waals surface area contributed by atoms with E-state index < -0.39 is 0 Å². The van der Waals surface area contributed by atoms with Crippen molar-refractivity contribution in [2.24, 2.45) is 5.92 Å². The Labute approximate surface area is 90.6 Å². The summed E-state index contributed by atoms with van der Waals surface area (Å²) in [6, 6.07) is 0. The molecule has 2 nitrogen and oxygen atoms in total. The largest absolute Gasteiger partial charge is 0.336 e. The number of carbonyl (C=O) groups is 1. The number of carbonyl (C=O) groups excluding carboxylic acids is 1. The first-order valence-corrected chi connectivity index (χ1v) is 5.92. The van der Waals surface area contributed by atoms with Gasteiger partial charge in [0.15, 0.2) is 0 Å².